The minimum atomic E-state index is -0.246. The summed E-state index contributed by atoms with van der Waals surface area (Å²) >= 11 is 0. The number of amides is 1. The summed E-state index contributed by atoms with van der Waals surface area (Å²) in [6.45, 7) is 10.3. The quantitative estimate of drug-likeness (QED) is 0.617. The maximum atomic E-state index is 12.9. The van der Waals surface area contributed by atoms with Crippen LogP contribution in [0.2, 0.25) is 0 Å². The standard InChI is InChI=1S/C22H29N5O4/c1-13-12-24-21(17-5-9-29-10-6-17)27(13)8-7-23-22(28)20-19(16(4)31-26-20)11-18-14(2)25-30-15(18)3/h12,17H,5-11H2,1-4H3,(H,23,28). The Morgan fingerprint density at radius 3 is 2.52 bits per heavy atom. The van der Waals surface area contributed by atoms with Gasteiger partial charge in [0.15, 0.2) is 5.69 Å². The Labute approximate surface area is 181 Å². The monoisotopic (exact) mass is 427 g/mol. The highest BCUT2D eigenvalue weighted by Crippen LogP contribution is 2.26. The molecule has 0 atom stereocenters. The second kappa shape index (κ2) is 9.05. The molecule has 9 nitrogen and oxygen atoms in total. The maximum Gasteiger partial charge on any atom is 0.273 e. The van der Waals surface area contributed by atoms with Gasteiger partial charge in [-0.15, -0.1) is 0 Å². The number of hydrogen-bond acceptors (Lipinski definition) is 7. The third-order valence-corrected chi connectivity index (χ3v) is 6.03. The van der Waals surface area contributed by atoms with Gasteiger partial charge in [0.25, 0.3) is 5.91 Å². The smallest absolute Gasteiger partial charge is 0.273 e. The lowest BCUT2D eigenvalue weighted by molar-refractivity contribution is 0.0827. The van der Waals surface area contributed by atoms with Gasteiger partial charge in [0.2, 0.25) is 0 Å². The van der Waals surface area contributed by atoms with Crippen molar-refractivity contribution in [3.8, 4) is 0 Å². The molecular formula is C22H29N5O4. The van der Waals surface area contributed by atoms with Crippen molar-refractivity contribution in [2.45, 2.75) is 59.4 Å². The highest BCUT2D eigenvalue weighted by molar-refractivity contribution is 5.93. The Morgan fingerprint density at radius 1 is 1.10 bits per heavy atom. The molecule has 9 heteroatoms. The van der Waals surface area contributed by atoms with Crippen LogP contribution in [-0.4, -0.2) is 45.5 Å². The molecule has 0 saturated carbocycles. The lowest BCUT2D eigenvalue weighted by Gasteiger charge is -2.23. The van der Waals surface area contributed by atoms with Crippen LogP contribution in [0.15, 0.2) is 15.2 Å². The van der Waals surface area contributed by atoms with Gasteiger partial charge >= 0.3 is 0 Å². The first kappa shape index (κ1) is 21.3. The summed E-state index contributed by atoms with van der Waals surface area (Å²) in [6.07, 6.45) is 4.35. The van der Waals surface area contributed by atoms with E-state index in [1.54, 1.807) is 0 Å². The summed E-state index contributed by atoms with van der Waals surface area (Å²) in [5, 5.41) is 11.0. The lowest BCUT2D eigenvalue weighted by Crippen LogP contribution is -2.29. The Morgan fingerprint density at radius 2 is 1.81 bits per heavy atom. The van der Waals surface area contributed by atoms with Crippen molar-refractivity contribution in [3.63, 3.8) is 0 Å². The molecule has 0 radical (unpaired) electrons. The van der Waals surface area contributed by atoms with Gasteiger partial charge in [-0.05, 0) is 40.5 Å². The van der Waals surface area contributed by atoms with Crippen LogP contribution >= 0.6 is 0 Å². The summed E-state index contributed by atoms with van der Waals surface area (Å²) in [6, 6.07) is 0. The van der Waals surface area contributed by atoms with Crippen molar-refractivity contribution in [1.29, 1.82) is 0 Å². The van der Waals surface area contributed by atoms with Crippen molar-refractivity contribution in [2.75, 3.05) is 19.8 Å². The zero-order valence-corrected chi connectivity index (χ0v) is 18.5. The van der Waals surface area contributed by atoms with E-state index in [1.165, 1.54) is 0 Å². The first-order chi connectivity index (χ1) is 15.0. The predicted octanol–water partition coefficient (Wildman–Crippen LogP) is 3.01. The molecule has 0 aromatic carbocycles. The van der Waals surface area contributed by atoms with E-state index in [0.717, 1.165) is 60.2 Å². The van der Waals surface area contributed by atoms with Crippen molar-refractivity contribution >= 4 is 5.91 Å². The van der Waals surface area contributed by atoms with Gasteiger partial charge in [0.1, 0.15) is 17.3 Å². The minimum absolute atomic E-state index is 0.246. The lowest BCUT2D eigenvalue weighted by atomic mass is 9.99. The molecule has 4 heterocycles. The average Bonchev–Trinajstić information content (AvgIpc) is 3.42. The molecule has 1 fully saturated rings. The Balaban J connectivity index is 1.42. The number of aryl methyl sites for hydroxylation is 4. The normalized spacial score (nSPS) is 14.8. The van der Waals surface area contributed by atoms with E-state index in [2.05, 4.69) is 25.2 Å². The van der Waals surface area contributed by atoms with Crippen molar-refractivity contribution in [1.82, 2.24) is 25.2 Å². The molecule has 0 spiro atoms. The van der Waals surface area contributed by atoms with E-state index in [4.69, 9.17) is 13.8 Å². The summed E-state index contributed by atoms with van der Waals surface area (Å²) in [7, 11) is 0. The molecule has 0 bridgehead atoms. The van der Waals surface area contributed by atoms with Gasteiger partial charge in [-0.3, -0.25) is 4.79 Å². The van der Waals surface area contributed by atoms with Gasteiger partial charge in [-0.25, -0.2) is 4.98 Å². The number of imidazole rings is 1. The van der Waals surface area contributed by atoms with Crippen LogP contribution in [0.3, 0.4) is 0 Å². The first-order valence-electron chi connectivity index (χ1n) is 10.7. The number of hydrogen-bond donors (Lipinski definition) is 1. The first-order valence-corrected chi connectivity index (χ1v) is 10.7. The molecule has 1 amide bonds. The number of carbonyl (C=O) groups excluding carboxylic acids is 1. The van der Waals surface area contributed by atoms with Crippen LogP contribution in [0.4, 0.5) is 0 Å². The zero-order valence-electron chi connectivity index (χ0n) is 18.5. The molecule has 1 aliphatic rings. The SMILES string of the molecule is Cc1noc(C)c1Cc1c(C(=O)NCCn2c(C)cnc2C2CCOCC2)noc1C. The van der Waals surface area contributed by atoms with Gasteiger partial charge in [-0.2, -0.15) is 0 Å². The summed E-state index contributed by atoms with van der Waals surface area (Å²) in [5.74, 6) is 2.59. The van der Waals surface area contributed by atoms with E-state index < -0.39 is 0 Å². The second-order valence-corrected chi connectivity index (χ2v) is 8.10. The van der Waals surface area contributed by atoms with E-state index in [9.17, 15) is 4.79 Å². The second-order valence-electron chi connectivity index (χ2n) is 8.10. The molecular weight excluding hydrogens is 398 g/mol. The van der Waals surface area contributed by atoms with Gasteiger partial charge in [-0.1, -0.05) is 10.3 Å². The van der Waals surface area contributed by atoms with E-state index in [-0.39, 0.29) is 5.91 Å². The number of rotatable bonds is 7. The summed E-state index contributed by atoms with van der Waals surface area (Å²) in [4.78, 5) is 17.5. The topological polar surface area (TPSA) is 108 Å². The fraction of sp³-hybridized carbons (Fsp3) is 0.545. The number of aromatic nitrogens is 4. The third kappa shape index (κ3) is 4.41. The van der Waals surface area contributed by atoms with E-state index in [0.29, 0.717) is 36.9 Å². The fourth-order valence-electron chi connectivity index (χ4n) is 4.13. The molecule has 0 unspecified atom stereocenters. The molecule has 3 aromatic rings. The van der Waals surface area contributed by atoms with Crippen molar-refractivity contribution in [3.05, 3.63) is 51.8 Å². The molecule has 166 valence electrons. The van der Waals surface area contributed by atoms with Crippen LogP contribution in [0, 0.1) is 27.7 Å². The van der Waals surface area contributed by atoms with Crippen LogP contribution in [-0.2, 0) is 17.7 Å². The molecule has 1 saturated heterocycles. The maximum absolute atomic E-state index is 12.9. The molecule has 3 aromatic heterocycles. The Kier molecular flexibility index (Phi) is 6.22. The van der Waals surface area contributed by atoms with Crippen LogP contribution in [0.1, 0.15) is 69.1 Å². The minimum Gasteiger partial charge on any atom is -0.381 e. The predicted molar refractivity (Wildman–Crippen MR) is 112 cm³/mol. The number of ether oxygens (including phenoxy) is 1. The molecule has 1 N–H and O–H groups in total. The number of nitrogens with zero attached hydrogens (tertiary/aromatic N) is 4. The number of nitrogens with one attached hydrogen (secondary N) is 1. The zero-order chi connectivity index (χ0) is 22.0. The summed E-state index contributed by atoms with van der Waals surface area (Å²) in [5.41, 5.74) is 3.92. The van der Waals surface area contributed by atoms with Gasteiger partial charge in [0.05, 0.1) is 5.69 Å². The van der Waals surface area contributed by atoms with Crippen LogP contribution < -0.4 is 5.32 Å². The van der Waals surface area contributed by atoms with Crippen LogP contribution in [0.25, 0.3) is 0 Å². The third-order valence-electron chi connectivity index (χ3n) is 6.03. The fourth-order valence-corrected chi connectivity index (χ4v) is 4.13. The van der Waals surface area contributed by atoms with Gasteiger partial charge < -0.3 is 23.7 Å². The Bertz CT molecular complexity index is 1040. The van der Waals surface area contributed by atoms with Crippen LogP contribution in [0.5, 0.6) is 0 Å². The highest BCUT2D eigenvalue weighted by Gasteiger charge is 2.24. The molecule has 1 aliphatic heterocycles. The van der Waals surface area contributed by atoms with Gasteiger partial charge in [0, 0.05) is 61.7 Å². The Hall–Kier alpha value is -2.94. The van der Waals surface area contributed by atoms with Crippen molar-refractivity contribution < 1.29 is 18.6 Å². The van der Waals surface area contributed by atoms with E-state index >= 15 is 0 Å². The average molecular weight is 428 g/mol. The molecule has 4 rings (SSSR count). The molecule has 31 heavy (non-hydrogen) atoms. The highest BCUT2D eigenvalue weighted by atomic mass is 16.5. The largest absolute Gasteiger partial charge is 0.381 e. The number of carbonyl (C=O) groups is 1. The van der Waals surface area contributed by atoms with E-state index in [1.807, 2.05) is 33.9 Å². The summed E-state index contributed by atoms with van der Waals surface area (Å²) < 4.78 is 18.2. The van der Waals surface area contributed by atoms with Crippen molar-refractivity contribution in [2.24, 2.45) is 0 Å². The molecule has 0 aliphatic carbocycles.